The minimum Gasteiger partial charge on any atom is -0.488 e. The standard InChI is InChI=1S/C35H40N4O3/c1-35(2,3)42-34(40)39-20-12-17-27(23-39)29-21-30(38-33(32(29)36)37-22-25-13-6-4-7-14-25)28-18-10-11-19-31(28)41-24-26-15-8-5-9-16-26/h4-11,13-16,18-19,21,27H,12,17,20,22-24,36H2,1-3H3,(H,37,38). The van der Waals surface area contributed by atoms with Crippen LogP contribution < -0.4 is 15.8 Å². The highest BCUT2D eigenvalue weighted by Gasteiger charge is 2.30. The molecule has 5 rings (SSSR count). The number of piperidine rings is 1. The molecule has 1 saturated heterocycles. The maximum atomic E-state index is 13.0. The fourth-order valence-corrected chi connectivity index (χ4v) is 5.23. The van der Waals surface area contributed by atoms with Crippen LogP contribution in [0.5, 0.6) is 5.75 Å². The number of hydrogen-bond donors (Lipinski definition) is 2. The summed E-state index contributed by atoms with van der Waals surface area (Å²) in [5.41, 5.74) is 11.7. The third kappa shape index (κ3) is 7.40. The Balaban J connectivity index is 1.48. The molecule has 1 atom stereocenters. The van der Waals surface area contributed by atoms with Crippen LogP contribution in [0.25, 0.3) is 11.3 Å². The average Bonchev–Trinajstić information content (AvgIpc) is 3.00. The number of aromatic nitrogens is 1. The van der Waals surface area contributed by atoms with E-state index in [-0.39, 0.29) is 12.0 Å². The summed E-state index contributed by atoms with van der Waals surface area (Å²) in [6, 6.07) is 30.3. The van der Waals surface area contributed by atoms with Crippen molar-refractivity contribution < 1.29 is 14.3 Å². The van der Waals surface area contributed by atoms with Gasteiger partial charge in [0.2, 0.25) is 0 Å². The highest BCUT2D eigenvalue weighted by molar-refractivity contribution is 5.76. The topological polar surface area (TPSA) is 89.7 Å². The van der Waals surface area contributed by atoms with Crippen molar-refractivity contribution in [2.24, 2.45) is 0 Å². The number of carbonyl (C=O) groups excluding carboxylic acids is 1. The molecule has 3 aromatic carbocycles. The Bertz CT molecular complexity index is 1490. The van der Waals surface area contributed by atoms with Crippen molar-refractivity contribution in [1.82, 2.24) is 9.88 Å². The fraction of sp³-hybridized carbons (Fsp3) is 0.314. The molecule has 4 aromatic rings. The Labute approximate surface area is 248 Å². The van der Waals surface area contributed by atoms with Gasteiger partial charge in [0.25, 0.3) is 0 Å². The normalized spacial score (nSPS) is 15.2. The molecule has 0 aliphatic carbocycles. The number of carbonyl (C=O) groups is 1. The van der Waals surface area contributed by atoms with E-state index in [0.29, 0.717) is 37.7 Å². The summed E-state index contributed by atoms with van der Waals surface area (Å²) in [6.45, 7) is 7.91. The number of nitrogens with zero attached hydrogens (tertiary/aromatic N) is 2. The van der Waals surface area contributed by atoms with Gasteiger partial charge < -0.3 is 25.4 Å². The molecule has 1 amide bonds. The molecule has 218 valence electrons. The van der Waals surface area contributed by atoms with Gasteiger partial charge in [-0.25, -0.2) is 9.78 Å². The molecule has 1 aromatic heterocycles. The average molecular weight is 565 g/mol. The van der Waals surface area contributed by atoms with Crippen molar-refractivity contribution in [1.29, 1.82) is 0 Å². The monoisotopic (exact) mass is 564 g/mol. The van der Waals surface area contributed by atoms with Gasteiger partial charge in [-0.15, -0.1) is 0 Å². The molecule has 0 radical (unpaired) electrons. The van der Waals surface area contributed by atoms with E-state index in [4.69, 9.17) is 20.2 Å². The second-order valence-corrected chi connectivity index (χ2v) is 11.7. The molecule has 1 fully saturated rings. The molecule has 0 spiro atoms. The van der Waals surface area contributed by atoms with Gasteiger partial charge in [0.1, 0.15) is 23.8 Å². The van der Waals surface area contributed by atoms with Crippen LogP contribution in [-0.2, 0) is 17.9 Å². The van der Waals surface area contributed by atoms with Crippen LogP contribution in [0.1, 0.15) is 56.2 Å². The number of likely N-dealkylation sites (tertiary alicyclic amines) is 1. The predicted molar refractivity (Wildman–Crippen MR) is 168 cm³/mol. The zero-order chi connectivity index (χ0) is 29.5. The Kier molecular flexibility index (Phi) is 8.96. The van der Waals surface area contributed by atoms with E-state index in [1.54, 1.807) is 4.90 Å². The summed E-state index contributed by atoms with van der Waals surface area (Å²) >= 11 is 0. The molecule has 3 N–H and O–H groups in total. The van der Waals surface area contributed by atoms with Crippen LogP contribution in [0.4, 0.5) is 16.3 Å². The molecule has 0 saturated carbocycles. The Morgan fingerprint density at radius 1 is 0.976 bits per heavy atom. The molecule has 7 nitrogen and oxygen atoms in total. The zero-order valence-electron chi connectivity index (χ0n) is 24.7. The van der Waals surface area contributed by atoms with Gasteiger partial charge >= 0.3 is 6.09 Å². The first-order valence-corrected chi connectivity index (χ1v) is 14.6. The summed E-state index contributed by atoms with van der Waals surface area (Å²) < 4.78 is 12.0. The number of amides is 1. The van der Waals surface area contributed by atoms with Gasteiger partial charge in [-0.3, -0.25) is 0 Å². The third-order valence-electron chi connectivity index (χ3n) is 7.31. The molecule has 0 bridgehead atoms. The Morgan fingerprint density at radius 2 is 1.64 bits per heavy atom. The molecule has 2 heterocycles. The van der Waals surface area contributed by atoms with Gasteiger partial charge in [0, 0.05) is 31.1 Å². The summed E-state index contributed by atoms with van der Waals surface area (Å²) in [4.78, 5) is 19.8. The molecule has 1 aliphatic heterocycles. The highest BCUT2D eigenvalue weighted by Crippen LogP contribution is 2.39. The van der Waals surface area contributed by atoms with E-state index in [1.807, 2.05) is 93.6 Å². The highest BCUT2D eigenvalue weighted by atomic mass is 16.6. The van der Waals surface area contributed by atoms with E-state index in [0.717, 1.165) is 46.5 Å². The summed E-state index contributed by atoms with van der Waals surface area (Å²) in [5.74, 6) is 1.42. The van der Waals surface area contributed by atoms with E-state index in [2.05, 4.69) is 23.5 Å². The SMILES string of the molecule is CC(C)(C)OC(=O)N1CCCC(c2cc(-c3ccccc3OCc3ccccc3)nc(NCc3ccccc3)c2N)C1. The van der Waals surface area contributed by atoms with Gasteiger partial charge in [-0.05, 0) is 68.5 Å². The maximum Gasteiger partial charge on any atom is 0.410 e. The number of nitrogens with one attached hydrogen (secondary N) is 1. The largest absolute Gasteiger partial charge is 0.488 e. The lowest BCUT2D eigenvalue weighted by Crippen LogP contribution is -2.42. The zero-order valence-corrected chi connectivity index (χ0v) is 24.7. The first kappa shape index (κ1) is 29.0. The predicted octanol–water partition coefficient (Wildman–Crippen LogP) is 7.64. The fourth-order valence-electron chi connectivity index (χ4n) is 5.23. The summed E-state index contributed by atoms with van der Waals surface area (Å²) in [7, 11) is 0. The molecule has 1 aliphatic rings. The van der Waals surface area contributed by atoms with E-state index in [9.17, 15) is 4.79 Å². The molecule has 1 unspecified atom stereocenters. The van der Waals surface area contributed by atoms with Crippen LogP contribution in [0, 0.1) is 0 Å². The third-order valence-corrected chi connectivity index (χ3v) is 7.31. The van der Waals surface area contributed by atoms with Gasteiger partial charge in [0.15, 0.2) is 0 Å². The number of pyridine rings is 1. The van der Waals surface area contributed by atoms with Crippen molar-refractivity contribution in [2.75, 3.05) is 24.1 Å². The molecule has 42 heavy (non-hydrogen) atoms. The van der Waals surface area contributed by atoms with Crippen LogP contribution in [0.15, 0.2) is 91.0 Å². The lowest BCUT2D eigenvalue weighted by atomic mass is 9.89. The van der Waals surface area contributed by atoms with E-state index in [1.165, 1.54) is 0 Å². The van der Waals surface area contributed by atoms with Gasteiger partial charge in [-0.2, -0.15) is 0 Å². The van der Waals surface area contributed by atoms with E-state index >= 15 is 0 Å². The first-order chi connectivity index (χ1) is 20.3. The van der Waals surface area contributed by atoms with Crippen molar-refractivity contribution in [3.63, 3.8) is 0 Å². The maximum absolute atomic E-state index is 13.0. The number of para-hydroxylation sites is 1. The minimum atomic E-state index is -0.551. The van der Waals surface area contributed by atoms with Crippen molar-refractivity contribution >= 4 is 17.6 Å². The second kappa shape index (κ2) is 13.0. The molecule has 7 heteroatoms. The van der Waals surface area contributed by atoms with Crippen molar-refractivity contribution in [3.05, 3.63) is 108 Å². The molecular formula is C35H40N4O3. The minimum absolute atomic E-state index is 0.0442. The van der Waals surface area contributed by atoms with Gasteiger partial charge in [0.05, 0.1) is 11.4 Å². The number of hydrogen-bond acceptors (Lipinski definition) is 6. The number of ether oxygens (including phenoxy) is 2. The molecular weight excluding hydrogens is 524 g/mol. The van der Waals surface area contributed by atoms with Crippen molar-refractivity contribution in [2.45, 2.75) is 58.3 Å². The lowest BCUT2D eigenvalue weighted by Gasteiger charge is -2.35. The number of anilines is 2. The number of nitrogen functional groups attached to an aromatic ring is 1. The van der Waals surface area contributed by atoms with Crippen LogP contribution in [0.2, 0.25) is 0 Å². The Hall–Kier alpha value is -4.52. The number of nitrogens with two attached hydrogens (primary N) is 1. The number of benzene rings is 3. The second-order valence-electron chi connectivity index (χ2n) is 11.7. The van der Waals surface area contributed by atoms with Crippen LogP contribution in [-0.4, -0.2) is 34.7 Å². The van der Waals surface area contributed by atoms with Crippen molar-refractivity contribution in [3.8, 4) is 17.0 Å². The van der Waals surface area contributed by atoms with Crippen LogP contribution in [0.3, 0.4) is 0 Å². The smallest absolute Gasteiger partial charge is 0.410 e. The first-order valence-electron chi connectivity index (χ1n) is 14.6. The Morgan fingerprint density at radius 3 is 2.36 bits per heavy atom. The quantitative estimate of drug-likeness (QED) is 0.229. The lowest BCUT2D eigenvalue weighted by molar-refractivity contribution is 0.0198. The van der Waals surface area contributed by atoms with Crippen LogP contribution >= 0.6 is 0 Å². The summed E-state index contributed by atoms with van der Waals surface area (Å²) in [5, 5.41) is 3.48. The number of rotatable bonds is 8. The van der Waals surface area contributed by atoms with E-state index < -0.39 is 5.60 Å². The van der Waals surface area contributed by atoms with Gasteiger partial charge in [-0.1, -0.05) is 72.8 Å². The summed E-state index contributed by atoms with van der Waals surface area (Å²) in [6.07, 6.45) is 1.49.